The molecule has 0 saturated carbocycles. The van der Waals surface area contributed by atoms with Crippen LogP contribution in [0.25, 0.3) is 0 Å². The van der Waals surface area contributed by atoms with Crippen molar-refractivity contribution in [2.45, 2.75) is 19.9 Å². The van der Waals surface area contributed by atoms with E-state index >= 15 is 0 Å². The quantitative estimate of drug-likeness (QED) is 0.887. The molecule has 19 heavy (non-hydrogen) atoms. The van der Waals surface area contributed by atoms with Crippen LogP contribution >= 0.6 is 15.9 Å². The van der Waals surface area contributed by atoms with E-state index in [4.69, 9.17) is 10.5 Å². The maximum absolute atomic E-state index is 13.8. The first kappa shape index (κ1) is 14.0. The molecule has 2 rings (SSSR count). The van der Waals surface area contributed by atoms with Gasteiger partial charge in [-0.2, -0.15) is 0 Å². The van der Waals surface area contributed by atoms with Crippen LogP contribution in [0.3, 0.4) is 0 Å². The molecule has 0 aliphatic carbocycles. The van der Waals surface area contributed by atoms with Gasteiger partial charge < -0.3 is 10.5 Å². The first-order chi connectivity index (χ1) is 8.99. The zero-order chi connectivity index (χ0) is 14.0. The van der Waals surface area contributed by atoms with E-state index in [9.17, 15) is 4.39 Å². The molecule has 2 nitrogen and oxygen atoms in total. The van der Waals surface area contributed by atoms with Gasteiger partial charge in [0.2, 0.25) is 0 Å². The van der Waals surface area contributed by atoms with E-state index in [0.29, 0.717) is 17.1 Å². The molecule has 0 fully saturated rings. The lowest BCUT2D eigenvalue weighted by Crippen LogP contribution is -2.09. The molecule has 0 heterocycles. The highest BCUT2D eigenvalue weighted by Gasteiger charge is 2.15. The third-order valence-electron chi connectivity index (χ3n) is 2.84. The van der Waals surface area contributed by atoms with Gasteiger partial charge in [0, 0.05) is 16.1 Å². The standard InChI is InChI=1S/C15H15BrFNO/c1-9-6-7-11(16)8-14(9)19-13-5-3-4-12(17)15(13)10(2)18/h3-8,10H,18H2,1-2H3/t10-/m1/s1. The van der Waals surface area contributed by atoms with Crippen molar-refractivity contribution in [3.8, 4) is 11.5 Å². The Balaban J connectivity index is 2.44. The molecule has 4 heteroatoms. The lowest BCUT2D eigenvalue weighted by atomic mass is 10.1. The Hall–Kier alpha value is -1.39. The normalized spacial score (nSPS) is 12.3. The van der Waals surface area contributed by atoms with Crippen molar-refractivity contribution in [2.24, 2.45) is 5.73 Å². The average molecular weight is 324 g/mol. The SMILES string of the molecule is Cc1ccc(Br)cc1Oc1cccc(F)c1[C@@H](C)N. The van der Waals surface area contributed by atoms with E-state index in [1.165, 1.54) is 6.07 Å². The van der Waals surface area contributed by atoms with Crippen LogP contribution in [0.4, 0.5) is 4.39 Å². The van der Waals surface area contributed by atoms with Gasteiger partial charge in [0.15, 0.2) is 0 Å². The van der Waals surface area contributed by atoms with E-state index in [1.807, 2.05) is 25.1 Å². The molecule has 0 aliphatic rings. The number of rotatable bonds is 3. The predicted octanol–water partition coefficient (Wildman–Crippen LogP) is 4.71. The summed E-state index contributed by atoms with van der Waals surface area (Å²) in [5, 5.41) is 0. The zero-order valence-corrected chi connectivity index (χ0v) is 12.4. The Morgan fingerprint density at radius 3 is 2.63 bits per heavy atom. The van der Waals surface area contributed by atoms with Crippen molar-refractivity contribution in [3.05, 3.63) is 57.8 Å². The number of hydrogen-bond acceptors (Lipinski definition) is 2. The first-order valence-electron chi connectivity index (χ1n) is 5.97. The summed E-state index contributed by atoms with van der Waals surface area (Å²) in [5.74, 6) is 0.790. The summed E-state index contributed by atoms with van der Waals surface area (Å²) in [4.78, 5) is 0. The number of nitrogens with two attached hydrogens (primary N) is 1. The maximum Gasteiger partial charge on any atom is 0.135 e. The zero-order valence-electron chi connectivity index (χ0n) is 10.8. The molecular formula is C15H15BrFNO. The summed E-state index contributed by atoms with van der Waals surface area (Å²) in [6, 6.07) is 10.0. The predicted molar refractivity (Wildman–Crippen MR) is 78.0 cm³/mol. The molecule has 0 bridgehead atoms. The van der Waals surface area contributed by atoms with Gasteiger partial charge in [0.1, 0.15) is 17.3 Å². The minimum Gasteiger partial charge on any atom is -0.457 e. The van der Waals surface area contributed by atoms with Crippen molar-refractivity contribution in [3.63, 3.8) is 0 Å². The Morgan fingerprint density at radius 1 is 1.21 bits per heavy atom. The van der Waals surface area contributed by atoms with Gasteiger partial charge in [0.05, 0.1) is 0 Å². The highest BCUT2D eigenvalue weighted by Crippen LogP contribution is 2.33. The highest BCUT2D eigenvalue weighted by atomic mass is 79.9. The lowest BCUT2D eigenvalue weighted by molar-refractivity contribution is 0.457. The second-order valence-corrected chi connectivity index (χ2v) is 5.37. The maximum atomic E-state index is 13.8. The molecule has 2 N–H and O–H groups in total. The Morgan fingerprint density at radius 2 is 1.95 bits per heavy atom. The van der Waals surface area contributed by atoms with E-state index in [-0.39, 0.29) is 5.82 Å². The van der Waals surface area contributed by atoms with Crippen molar-refractivity contribution >= 4 is 15.9 Å². The van der Waals surface area contributed by atoms with Crippen LogP contribution in [0.15, 0.2) is 40.9 Å². The Bertz CT molecular complexity index is 599. The van der Waals surface area contributed by atoms with Crippen molar-refractivity contribution in [1.82, 2.24) is 0 Å². The van der Waals surface area contributed by atoms with Gasteiger partial charge in [-0.25, -0.2) is 4.39 Å². The largest absolute Gasteiger partial charge is 0.457 e. The van der Waals surface area contributed by atoms with Crippen LogP contribution in [-0.4, -0.2) is 0 Å². The van der Waals surface area contributed by atoms with Crippen LogP contribution in [-0.2, 0) is 0 Å². The monoisotopic (exact) mass is 323 g/mol. The molecule has 0 amide bonds. The van der Waals surface area contributed by atoms with Crippen molar-refractivity contribution in [2.75, 3.05) is 0 Å². The molecule has 1 atom stereocenters. The van der Waals surface area contributed by atoms with Crippen LogP contribution in [0.5, 0.6) is 11.5 Å². The van der Waals surface area contributed by atoms with E-state index in [2.05, 4.69) is 15.9 Å². The number of aryl methyl sites for hydroxylation is 1. The van der Waals surface area contributed by atoms with Crippen LogP contribution in [0, 0.1) is 12.7 Å². The molecule has 0 aliphatic heterocycles. The van der Waals surface area contributed by atoms with Gasteiger partial charge in [-0.05, 0) is 43.7 Å². The van der Waals surface area contributed by atoms with E-state index < -0.39 is 6.04 Å². The topological polar surface area (TPSA) is 35.2 Å². The first-order valence-corrected chi connectivity index (χ1v) is 6.76. The average Bonchev–Trinajstić information content (AvgIpc) is 2.33. The Kier molecular flexibility index (Phi) is 4.22. The molecular weight excluding hydrogens is 309 g/mol. The fourth-order valence-electron chi connectivity index (χ4n) is 1.85. The van der Waals surface area contributed by atoms with E-state index in [0.717, 1.165) is 10.0 Å². The smallest absolute Gasteiger partial charge is 0.135 e. The summed E-state index contributed by atoms with van der Waals surface area (Å²) in [7, 11) is 0. The van der Waals surface area contributed by atoms with E-state index in [1.54, 1.807) is 19.1 Å². The summed E-state index contributed by atoms with van der Waals surface area (Å²) in [6.07, 6.45) is 0. The van der Waals surface area contributed by atoms with Crippen LogP contribution < -0.4 is 10.5 Å². The van der Waals surface area contributed by atoms with Gasteiger partial charge >= 0.3 is 0 Å². The van der Waals surface area contributed by atoms with Crippen LogP contribution in [0.2, 0.25) is 0 Å². The fourth-order valence-corrected chi connectivity index (χ4v) is 2.19. The molecule has 2 aromatic rings. The molecule has 0 aromatic heterocycles. The van der Waals surface area contributed by atoms with Gasteiger partial charge in [-0.15, -0.1) is 0 Å². The van der Waals surface area contributed by atoms with Gasteiger partial charge in [-0.1, -0.05) is 28.1 Å². The van der Waals surface area contributed by atoms with Crippen molar-refractivity contribution < 1.29 is 9.13 Å². The number of hydrogen-bond donors (Lipinski definition) is 1. The summed E-state index contributed by atoms with van der Waals surface area (Å²) >= 11 is 3.39. The summed E-state index contributed by atoms with van der Waals surface area (Å²) < 4.78 is 20.5. The minimum atomic E-state index is -0.427. The second kappa shape index (κ2) is 5.72. The number of benzene rings is 2. The number of ether oxygens (including phenoxy) is 1. The second-order valence-electron chi connectivity index (χ2n) is 4.45. The molecule has 0 unspecified atom stereocenters. The minimum absolute atomic E-state index is 0.347. The van der Waals surface area contributed by atoms with Crippen LogP contribution in [0.1, 0.15) is 24.1 Å². The fraction of sp³-hybridized carbons (Fsp3) is 0.200. The summed E-state index contributed by atoms with van der Waals surface area (Å²) in [6.45, 7) is 3.67. The lowest BCUT2D eigenvalue weighted by Gasteiger charge is -2.15. The molecule has 0 radical (unpaired) electrons. The number of halogens is 2. The van der Waals surface area contributed by atoms with Crippen molar-refractivity contribution in [1.29, 1.82) is 0 Å². The van der Waals surface area contributed by atoms with Gasteiger partial charge in [-0.3, -0.25) is 0 Å². The third kappa shape index (κ3) is 3.14. The molecule has 0 saturated heterocycles. The highest BCUT2D eigenvalue weighted by molar-refractivity contribution is 9.10. The molecule has 0 spiro atoms. The third-order valence-corrected chi connectivity index (χ3v) is 3.33. The molecule has 100 valence electrons. The summed E-state index contributed by atoms with van der Waals surface area (Å²) in [5.41, 5.74) is 7.17. The molecule has 2 aromatic carbocycles. The van der Waals surface area contributed by atoms with Gasteiger partial charge in [0.25, 0.3) is 0 Å². The Labute approximate surface area is 120 Å².